The van der Waals surface area contributed by atoms with Crippen molar-refractivity contribution >= 4 is 10.8 Å². The van der Waals surface area contributed by atoms with Crippen LogP contribution in [-0.2, 0) is 5.60 Å². The summed E-state index contributed by atoms with van der Waals surface area (Å²) in [6.45, 7) is 17.2. The Labute approximate surface area is 274 Å². The van der Waals surface area contributed by atoms with Crippen LogP contribution in [0, 0.1) is 0 Å². The molecule has 0 saturated heterocycles. The molecule has 0 bridgehead atoms. The Morgan fingerprint density at radius 1 is 0.600 bits per heavy atom. The van der Waals surface area contributed by atoms with Crippen molar-refractivity contribution in [3.8, 4) is 5.75 Å². The maximum Gasteiger partial charge on any atom is 0.115 e. The van der Waals surface area contributed by atoms with Crippen LogP contribution in [0.5, 0.6) is 5.75 Å². The van der Waals surface area contributed by atoms with Gasteiger partial charge in [0.2, 0.25) is 0 Å². The first kappa shape index (κ1) is 36.4. The predicted molar refractivity (Wildman–Crippen MR) is 196 cm³/mol. The second kappa shape index (κ2) is 17.6. The van der Waals surface area contributed by atoms with Crippen LogP contribution in [0.3, 0.4) is 0 Å². The van der Waals surface area contributed by atoms with Crippen molar-refractivity contribution in [3.05, 3.63) is 113 Å². The maximum atomic E-state index is 9.88. The minimum atomic E-state index is -0.731. The molecular formula is C43H60O2. The molecule has 4 unspecified atom stereocenters. The monoisotopic (exact) mass is 608 g/mol. The summed E-state index contributed by atoms with van der Waals surface area (Å²) >= 11 is 0. The van der Waals surface area contributed by atoms with Gasteiger partial charge in [-0.1, -0.05) is 127 Å². The molecule has 0 spiro atoms. The number of aromatic hydroxyl groups is 1. The Bertz CT molecular complexity index is 1370. The van der Waals surface area contributed by atoms with E-state index in [2.05, 4.69) is 90.1 Å². The number of phenols is 1. The smallest absolute Gasteiger partial charge is 0.115 e. The van der Waals surface area contributed by atoms with Crippen molar-refractivity contribution in [1.82, 2.24) is 0 Å². The Morgan fingerprint density at radius 2 is 1.02 bits per heavy atom. The van der Waals surface area contributed by atoms with Gasteiger partial charge < -0.3 is 10.2 Å². The molecule has 2 nitrogen and oxygen atoms in total. The number of aliphatic hydroxyl groups is 1. The Hall–Kier alpha value is -3.10. The third kappa shape index (κ3) is 9.46. The molecule has 2 N–H and O–H groups in total. The summed E-state index contributed by atoms with van der Waals surface area (Å²) in [6.07, 6.45) is 9.82. The number of hydrogen-bond donors (Lipinski definition) is 2. The van der Waals surface area contributed by atoms with Crippen LogP contribution in [-0.4, -0.2) is 10.2 Å². The van der Waals surface area contributed by atoms with E-state index in [0.717, 1.165) is 17.4 Å². The van der Waals surface area contributed by atoms with Crippen molar-refractivity contribution in [3.63, 3.8) is 0 Å². The fraction of sp³-hybridized carbons (Fsp3) is 0.488. The minimum absolute atomic E-state index is 0.357. The molecule has 45 heavy (non-hydrogen) atoms. The molecule has 1 aliphatic carbocycles. The molecule has 0 aromatic heterocycles. The van der Waals surface area contributed by atoms with E-state index in [4.69, 9.17) is 5.11 Å². The fourth-order valence-electron chi connectivity index (χ4n) is 7.28. The zero-order valence-electron chi connectivity index (χ0n) is 29.4. The quantitative estimate of drug-likeness (QED) is 0.178. The highest BCUT2D eigenvalue weighted by atomic mass is 16.3. The standard InChI is InChI=1S/C16H18.C15H24O.C12H18O/c1-3-12-13(4-2)15-10-6-8-11-7-5-9-14(12)16(11)15;1-5-7-12(6-2)13-8-10-14(11-9-13)15(3,4)16;1-3-5-10(4-2)11-6-8-12(13)9-7-11/h5-10,12-13H,3-4H2,1-2H3;8-12,16H,5-7H2,1-4H3;6-10,13H,3-5H2,1-2H3. The van der Waals surface area contributed by atoms with Crippen molar-refractivity contribution in [1.29, 1.82) is 0 Å². The van der Waals surface area contributed by atoms with Crippen molar-refractivity contribution in [2.45, 2.75) is 136 Å². The first-order valence-corrected chi connectivity index (χ1v) is 17.8. The molecule has 0 amide bonds. The van der Waals surface area contributed by atoms with Gasteiger partial charge in [-0.2, -0.15) is 0 Å². The van der Waals surface area contributed by atoms with E-state index in [-0.39, 0.29) is 0 Å². The van der Waals surface area contributed by atoms with E-state index in [0.29, 0.717) is 17.6 Å². The van der Waals surface area contributed by atoms with Crippen LogP contribution in [0.2, 0.25) is 0 Å². The molecule has 0 aliphatic heterocycles. The van der Waals surface area contributed by atoms with E-state index in [1.54, 1.807) is 28.6 Å². The van der Waals surface area contributed by atoms with Gasteiger partial charge in [-0.3, -0.25) is 0 Å². The summed E-state index contributed by atoms with van der Waals surface area (Å²) in [5.74, 6) is 3.17. The average Bonchev–Trinajstić information content (AvgIpc) is 3.37. The first-order valence-electron chi connectivity index (χ1n) is 17.8. The van der Waals surface area contributed by atoms with Gasteiger partial charge in [0.15, 0.2) is 0 Å². The summed E-state index contributed by atoms with van der Waals surface area (Å²) in [6, 6.07) is 29.6. The van der Waals surface area contributed by atoms with Gasteiger partial charge >= 0.3 is 0 Å². The number of benzene rings is 4. The van der Waals surface area contributed by atoms with Gasteiger partial charge in [-0.05, 0) is 127 Å². The molecule has 0 heterocycles. The molecule has 1 aliphatic rings. The molecule has 0 fully saturated rings. The zero-order chi connectivity index (χ0) is 33.0. The van der Waals surface area contributed by atoms with E-state index in [9.17, 15) is 5.11 Å². The topological polar surface area (TPSA) is 40.5 Å². The Balaban J connectivity index is 0.000000185. The van der Waals surface area contributed by atoms with Gasteiger partial charge in [0.05, 0.1) is 5.60 Å². The SMILES string of the molecule is CCC1c2cccc3cccc(c23)C1CC.CCCC(CC)c1ccc(C(C)(C)O)cc1.CCCC(CC)c1ccc(O)cc1. The fourth-order valence-corrected chi connectivity index (χ4v) is 7.28. The Kier molecular flexibility index (Phi) is 14.2. The molecule has 2 heteroatoms. The first-order chi connectivity index (χ1) is 21.6. The van der Waals surface area contributed by atoms with Crippen LogP contribution in [0.25, 0.3) is 10.8 Å². The van der Waals surface area contributed by atoms with Crippen LogP contribution in [0.1, 0.15) is 158 Å². The molecule has 4 atom stereocenters. The molecule has 0 saturated carbocycles. The minimum Gasteiger partial charge on any atom is -0.508 e. The predicted octanol–water partition coefficient (Wildman–Crippen LogP) is 12.7. The molecule has 4 aromatic carbocycles. The van der Waals surface area contributed by atoms with Crippen LogP contribution < -0.4 is 0 Å². The zero-order valence-corrected chi connectivity index (χ0v) is 29.4. The van der Waals surface area contributed by atoms with E-state index in [1.165, 1.54) is 67.9 Å². The van der Waals surface area contributed by atoms with Gasteiger partial charge in [0.1, 0.15) is 5.75 Å². The summed E-state index contributed by atoms with van der Waals surface area (Å²) in [5.41, 5.74) is 6.18. The van der Waals surface area contributed by atoms with Crippen LogP contribution >= 0.6 is 0 Å². The highest BCUT2D eigenvalue weighted by Crippen LogP contribution is 2.49. The van der Waals surface area contributed by atoms with Crippen molar-refractivity contribution in [2.24, 2.45) is 0 Å². The molecule has 0 radical (unpaired) electrons. The summed E-state index contributed by atoms with van der Waals surface area (Å²) < 4.78 is 0. The molecule has 4 aromatic rings. The number of phenolic OH excluding ortho intramolecular Hbond substituents is 1. The van der Waals surface area contributed by atoms with Gasteiger partial charge in [0.25, 0.3) is 0 Å². The van der Waals surface area contributed by atoms with Gasteiger partial charge in [-0.25, -0.2) is 0 Å². The van der Waals surface area contributed by atoms with Crippen molar-refractivity contribution in [2.75, 3.05) is 0 Å². The third-order valence-corrected chi connectivity index (χ3v) is 9.85. The summed E-state index contributed by atoms with van der Waals surface area (Å²) in [7, 11) is 0. The number of hydrogen-bond acceptors (Lipinski definition) is 2. The Morgan fingerprint density at radius 3 is 1.38 bits per heavy atom. The average molecular weight is 609 g/mol. The van der Waals surface area contributed by atoms with E-state index in [1.807, 2.05) is 38.1 Å². The van der Waals surface area contributed by atoms with Crippen molar-refractivity contribution < 1.29 is 10.2 Å². The van der Waals surface area contributed by atoms with E-state index >= 15 is 0 Å². The number of rotatable bonds is 11. The van der Waals surface area contributed by atoms with Crippen LogP contribution in [0.4, 0.5) is 0 Å². The third-order valence-electron chi connectivity index (χ3n) is 9.85. The van der Waals surface area contributed by atoms with Gasteiger partial charge in [-0.15, -0.1) is 0 Å². The maximum absolute atomic E-state index is 9.88. The normalized spacial score (nSPS) is 16.7. The molecule has 244 valence electrons. The lowest BCUT2D eigenvalue weighted by Gasteiger charge is -2.20. The van der Waals surface area contributed by atoms with E-state index < -0.39 is 5.60 Å². The lowest BCUT2D eigenvalue weighted by atomic mass is 9.86. The highest BCUT2D eigenvalue weighted by Gasteiger charge is 2.31. The largest absolute Gasteiger partial charge is 0.508 e. The van der Waals surface area contributed by atoms with Crippen LogP contribution in [0.15, 0.2) is 84.9 Å². The highest BCUT2D eigenvalue weighted by molar-refractivity contribution is 5.92. The summed E-state index contributed by atoms with van der Waals surface area (Å²) in [4.78, 5) is 0. The lowest BCUT2D eigenvalue weighted by molar-refractivity contribution is 0.0786. The molecule has 5 rings (SSSR count). The second-order valence-electron chi connectivity index (χ2n) is 13.4. The second-order valence-corrected chi connectivity index (χ2v) is 13.4. The lowest BCUT2D eigenvalue weighted by Crippen LogP contribution is -2.15. The molecular weight excluding hydrogens is 548 g/mol. The summed E-state index contributed by atoms with van der Waals surface area (Å²) in [5, 5.41) is 22.0. The van der Waals surface area contributed by atoms with Gasteiger partial charge in [0, 0.05) is 0 Å².